The Labute approximate surface area is 149 Å². The van der Waals surface area contributed by atoms with Gasteiger partial charge in [0.05, 0.1) is 24.7 Å². The minimum atomic E-state index is -0.577. The third-order valence-corrected chi connectivity index (χ3v) is 5.77. The van der Waals surface area contributed by atoms with E-state index in [1.807, 2.05) is 18.2 Å². The lowest BCUT2D eigenvalue weighted by Crippen LogP contribution is -2.35. The number of carbonyl (C=O) groups is 1. The Morgan fingerprint density at radius 3 is 2.44 bits per heavy atom. The largest absolute Gasteiger partial charge is 0.493 e. The number of nitriles is 1. The fraction of sp³-hybridized carbons (Fsp3) is 0.600. The van der Waals surface area contributed by atoms with Crippen molar-refractivity contribution < 1.29 is 14.3 Å². The van der Waals surface area contributed by atoms with Gasteiger partial charge in [-0.3, -0.25) is 4.79 Å². The van der Waals surface area contributed by atoms with Crippen LogP contribution in [-0.2, 0) is 10.2 Å². The number of methoxy groups -OCH3 is 1. The van der Waals surface area contributed by atoms with Crippen LogP contribution in [0.2, 0.25) is 0 Å². The zero-order valence-electron chi connectivity index (χ0n) is 14.8. The molecule has 0 saturated heterocycles. The van der Waals surface area contributed by atoms with Gasteiger partial charge in [0.1, 0.15) is 0 Å². The third kappa shape index (κ3) is 3.58. The highest BCUT2D eigenvalue weighted by molar-refractivity contribution is 5.76. The number of amides is 1. The number of hydrogen-bond donors (Lipinski definition) is 1. The minimum absolute atomic E-state index is 0.117. The van der Waals surface area contributed by atoms with Crippen LogP contribution >= 0.6 is 0 Å². The highest BCUT2D eigenvalue weighted by atomic mass is 16.5. The molecular weight excluding hydrogens is 316 g/mol. The number of rotatable bonds is 5. The molecule has 0 aromatic heterocycles. The fourth-order valence-corrected chi connectivity index (χ4v) is 4.11. The van der Waals surface area contributed by atoms with Gasteiger partial charge in [-0.1, -0.05) is 6.07 Å². The van der Waals surface area contributed by atoms with Crippen molar-refractivity contribution in [3.05, 3.63) is 23.8 Å². The average molecular weight is 342 g/mol. The predicted octanol–water partition coefficient (Wildman–Crippen LogP) is 3.45. The Hall–Kier alpha value is -2.22. The van der Waals surface area contributed by atoms with Crippen molar-refractivity contribution in [3.8, 4) is 17.6 Å². The number of primary amides is 1. The molecule has 134 valence electrons. The van der Waals surface area contributed by atoms with Gasteiger partial charge in [-0.05, 0) is 69.1 Å². The molecule has 2 saturated carbocycles. The van der Waals surface area contributed by atoms with Crippen molar-refractivity contribution in [2.45, 2.75) is 62.9 Å². The molecule has 25 heavy (non-hydrogen) atoms. The molecule has 2 N–H and O–H groups in total. The lowest BCUT2D eigenvalue weighted by Gasteiger charge is -2.34. The zero-order valence-corrected chi connectivity index (χ0v) is 14.8. The van der Waals surface area contributed by atoms with Crippen molar-refractivity contribution in [3.63, 3.8) is 0 Å². The van der Waals surface area contributed by atoms with Gasteiger partial charge in [0.15, 0.2) is 11.5 Å². The van der Waals surface area contributed by atoms with Gasteiger partial charge in [0, 0.05) is 5.92 Å². The Morgan fingerprint density at radius 2 is 1.88 bits per heavy atom. The molecule has 5 heteroatoms. The maximum absolute atomic E-state index is 11.4. The van der Waals surface area contributed by atoms with Crippen LogP contribution in [0.5, 0.6) is 11.5 Å². The van der Waals surface area contributed by atoms with Gasteiger partial charge < -0.3 is 15.2 Å². The van der Waals surface area contributed by atoms with Crippen LogP contribution in [0.15, 0.2) is 18.2 Å². The highest BCUT2D eigenvalue weighted by Gasteiger charge is 2.39. The van der Waals surface area contributed by atoms with Crippen LogP contribution in [-0.4, -0.2) is 19.1 Å². The van der Waals surface area contributed by atoms with E-state index in [1.165, 1.54) is 12.8 Å². The van der Waals surface area contributed by atoms with Crippen LogP contribution in [0.1, 0.15) is 56.9 Å². The molecule has 0 unspecified atom stereocenters. The molecule has 0 bridgehead atoms. The van der Waals surface area contributed by atoms with E-state index < -0.39 is 5.41 Å². The van der Waals surface area contributed by atoms with E-state index in [0.29, 0.717) is 31.4 Å². The third-order valence-electron chi connectivity index (χ3n) is 5.77. The molecule has 2 aliphatic carbocycles. The summed E-state index contributed by atoms with van der Waals surface area (Å²) in [6.07, 6.45) is 7.37. The van der Waals surface area contributed by atoms with Crippen molar-refractivity contribution in [1.82, 2.24) is 0 Å². The second kappa shape index (κ2) is 7.35. The van der Waals surface area contributed by atoms with Crippen LogP contribution in [0, 0.1) is 17.2 Å². The van der Waals surface area contributed by atoms with E-state index in [0.717, 1.165) is 24.2 Å². The standard InChI is InChI=1S/C20H26N2O3/c1-24-17-7-6-15(12-18(17)25-16-4-2-3-5-16)20(13-21)10-8-14(9-11-20)19(22)23/h6-7,12,14,16H,2-5,8-11H2,1H3,(H2,22,23). The predicted molar refractivity (Wildman–Crippen MR) is 94.3 cm³/mol. The summed E-state index contributed by atoms with van der Waals surface area (Å²) in [4.78, 5) is 11.4. The molecule has 5 nitrogen and oxygen atoms in total. The molecule has 0 aliphatic heterocycles. The van der Waals surface area contributed by atoms with E-state index in [9.17, 15) is 10.1 Å². The molecule has 0 spiro atoms. The molecule has 0 heterocycles. The Morgan fingerprint density at radius 1 is 1.20 bits per heavy atom. The number of nitrogens with zero attached hydrogens (tertiary/aromatic N) is 1. The molecule has 3 rings (SSSR count). The van der Waals surface area contributed by atoms with E-state index in [1.54, 1.807) is 7.11 Å². The smallest absolute Gasteiger partial charge is 0.220 e. The summed E-state index contributed by atoms with van der Waals surface area (Å²) < 4.78 is 11.6. The normalized spacial score (nSPS) is 26.8. The monoisotopic (exact) mass is 342 g/mol. The van der Waals surface area contributed by atoms with Gasteiger partial charge in [0.25, 0.3) is 0 Å². The summed E-state index contributed by atoms with van der Waals surface area (Å²) in [5.41, 5.74) is 5.80. The van der Waals surface area contributed by atoms with Crippen molar-refractivity contribution >= 4 is 5.91 Å². The Kier molecular flexibility index (Phi) is 5.17. The topological polar surface area (TPSA) is 85.3 Å². The SMILES string of the molecule is COc1ccc(C2(C#N)CCC(C(N)=O)CC2)cc1OC1CCCC1. The first-order chi connectivity index (χ1) is 12.1. The van der Waals surface area contributed by atoms with Crippen molar-refractivity contribution in [2.24, 2.45) is 11.7 Å². The number of nitrogens with two attached hydrogens (primary N) is 1. The van der Waals surface area contributed by atoms with Crippen molar-refractivity contribution in [2.75, 3.05) is 7.11 Å². The summed E-state index contributed by atoms with van der Waals surface area (Å²) >= 11 is 0. The maximum Gasteiger partial charge on any atom is 0.220 e. The minimum Gasteiger partial charge on any atom is -0.493 e. The van der Waals surface area contributed by atoms with E-state index >= 15 is 0 Å². The molecule has 2 fully saturated rings. The first-order valence-corrected chi connectivity index (χ1v) is 9.14. The van der Waals surface area contributed by atoms with E-state index in [2.05, 4.69) is 6.07 Å². The Balaban J connectivity index is 1.85. The molecule has 1 aromatic rings. The molecule has 0 atom stereocenters. The first kappa shape index (κ1) is 17.6. The second-order valence-corrected chi connectivity index (χ2v) is 7.26. The quantitative estimate of drug-likeness (QED) is 0.888. The summed E-state index contributed by atoms with van der Waals surface area (Å²) in [6.45, 7) is 0. The van der Waals surface area contributed by atoms with Gasteiger partial charge >= 0.3 is 0 Å². The summed E-state index contributed by atoms with van der Waals surface area (Å²) in [6, 6.07) is 8.31. The molecule has 0 radical (unpaired) electrons. The van der Waals surface area contributed by atoms with Gasteiger partial charge in [-0.25, -0.2) is 0 Å². The van der Waals surface area contributed by atoms with Gasteiger partial charge in [0.2, 0.25) is 5.91 Å². The molecular formula is C20H26N2O3. The highest BCUT2D eigenvalue weighted by Crippen LogP contribution is 2.44. The molecule has 2 aliphatic rings. The Bertz CT molecular complexity index is 666. The van der Waals surface area contributed by atoms with Gasteiger partial charge in [-0.2, -0.15) is 5.26 Å². The lowest BCUT2D eigenvalue weighted by atomic mass is 9.67. The molecule has 1 amide bonds. The van der Waals surface area contributed by atoms with Crippen LogP contribution in [0.4, 0.5) is 0 Å². The summed E-state index contributed by atoms with van der Waals surface area (Å²) in [7, 11) is 1.63. The average Bonchev–Trinajstić information content (AvgIpc) is 3.14. The first-order valence-electron chi connectivity index (χ1n) is 9.14. The number of hydrogen-bond acceptors (Lipinski definition) is 4. The fourth-order valence-electron chi connectivity index (χ4n) is 4.11. The number of benzene rings is 1. The van der Waals surface area contributed by atoms with E-state index in [-0.39, 0.29) is 17.9 Å². The molecule has 1 aromatic carbocycles. The number of carbonyl (C=O) groups excluding carboxylic acids is 1. The lowest BCUT2D eigenvalue weighted by molar-refractivity contribution is -0.122. The van der Waals surface area contributed by atoms with E-state index in [4.69, 9.17) is 15.2 Å². The number of ether oxygens (including phenoxy) is 2. The maximum atomic E-state index is 11.4. The second-order valence-electron chi connectivity index (χ2n) is 7.26. The summed E-state index contributed by atoms with van der Waals surface area (Å²) in [5, 5.41) is 9.88. The summed E-state index contributed by atoms with van der Waals surface area (Å²) in [5.74, 6) is 1.05. The van der Waals surface area contributed by atoms with Crippen LogP contribution in [0.25, 0.3) is 0 Å². The van der Waals surface area contributed by atoms with Crippen LogP contribution in [0.3, 0.4) is 0 Å². The zero-order chi connectivity index (χ0) is 17.9. The van der Waals surface area contributed by atoms with Crippen LogP contribution < -0.4 is 15.2 Å². The van der Waals surface area contributed by atoms with Crippen molar-refractivity contribution in [1.29, 1.82) is 5.26 Å². The van der Waals surface area contributed by atoms with Gasteiger partial charge in [-0.15, -0.1) is 0 Å².